The van der Waals surface area contributed by atoms with Gasteiger partial charge in [-0.15, -0.1) is 0 Å². The van der Waals surface area contributed by atoms with Crippen LogP contribution >= 0.6 is 0 Å². The molecular formula is C12H14FN5. The van der Waals surface area contributed by atoms with Crippen molar-refractivity contribution in [2.45, 2.75) is 13.5 Å². The fourth-order valence-corrected chi connectivity index (χ4v) is 2.19. The van der Waals surface area contributed by atoms with Crippen LogP contribution in [0, 0.1) is 18.7 Å². The van der Waals surface area contributed by atoms with Crippen LogP contribution in [-0.4, -0.2) is 32.6 Å². The minimum absolute atomic E-state index is 0.398. The molecule has 5 nitrogen and oxygen atoms in total. The zero-order chi connectivity index (χ0) is 12.5. The smallest absolute Gasteiger partial charge is 0.225 e. The van der Waals surface area contributed by atoms with Crippen LogP contribution in [0.15, 0.2) is 24.8 Å². The van der Waals surface area contributed by atoms with Gasteiger partial charge in [-0.05, 0) is 6.92 Å². The zero-order valence-corrected chi connectivity index (χ0v) is 10.1. The number of anilines is 1. The molecule has 0 unspecified atom stereocenters. The molecule has 1 aliphatic heterocycles. The summed E-state index contributed by atoms with van der Waals surface area (Å²) in [5, 5.41) is 0. The van der Waals surface area contributed by atoms with Crippen molar-refractivity contribution >= 4 is 5.95 Å². The van der Waals surface area contributed by atoms with Gasteiger partial charge in [-0.2, -0.15) is 0 Å². The lowest BCUT2D eigenvalue weighted by molar-refractivity contribution is 0.349. The lowest BCUT2D eigenvalue weighted by Crippen LogP contribution is -2.49. The fourth-order valence-electron chi connectivity index (χ4n) is 2.19. The number of halogens is 1. The molecule has 2 aromatic rings. The highest BCUT2D eigenvalue weighted by molar-refractivity contribution is 5.33. The zero-order valence-electron chi connectivity index (χ0n) is 10.1. The van der Waals surface area contributed by atoms with Gasteiger partial charge in [-0.1, -0.05) is 0 Å². The standard InChI is InChI=1S/C12H14FN5/c1-9-14-2-3-17(9)6-10-7-18(8-10)12-15-4-11(13)5-16-12/h2-5,10H,6-8H2,1H3. The first-order chi connectivity index (χ1) is 8.72. The first-order valence-corrected chi connectivity index (χ1v) is 5.92. The van der Waals surface area contributed by atoms with Crippen LogP contribution < -0.4 is 4.90 Å². The highest BCUT2D eigenvalue weighted by Gasteiger charge is 2.29. The maximum Gasteiger partial charge on any atom is 0.225 e. The normalized spacial score (nSPS) is 15.8. The number of aromatic nitrogens is 4. The molecule has 6 heteroatoms. The molecule has 0 N–H and O–H groups in total. The van der Waals surface area contributed by atoms with Crippen LogP contribution in [0.3, 0.4) is 0 Å². The second kappa shape index (κ2) is 4.36. The highest BCUT2D eigenvalue weighted by Crippen LogP contribution is 2.22. The molecule has 0 aliphatic carbocycles. The third-order valence-corrected chi connectivity index (χ3v) is 3.23. The molecule has 1 fully saturated rings. The molecular weight excluding hydrogens is 233 g/mol. The summed E-state index contributed by atoms with van der Waals surface area (Å²) in [6.45, 7) is 4.77. The van der Waals surface area contributed by atoms with Crippen LogP contribution in [0.25, 0.3) is 0 Å². The van der Waals surface area contributed by atoms with Crippen LogP contribution in [-0.2, 0) is 6.54 Å². The van der Waals surface area contributed by atoms with Gasteiger partial charge in [-0.3, -0.25) is 0 Å². The van der Waals surface area contributed by atoms with Gasteiger partial charge in [0.15, 0.2) is 5.82 Å². The van der Waals surface area contributed by atoms with Crippen molar-refractivity contribution in [3.8, 4) is 0 Å². The summed E-state index contributed by atoms with van der Waals surface area (Å²) >= 11 is 0. The third kappa shape index (κ3) is 2.05. The fraction of sp³-hybridized carbons (Fsp3) is 0.417. The van der Waals surface area contributed by atoms with Crippen LogP contribution in [0.1, 0.15) is 5.82 Å². The van der Waals surface area contributed by atoms with Crippen molar-refractivity contribution in [2.24, 2.45) is 5.92 Å². The van der Waals surface area contributed by atoms with E-state index in [1.165, 1.54) is 12.4 Å². The molecule has 3 heterocycles. The van der Waals surface area contributed by atoms with Crippen molar-refractivity contribution < 1.29 is 4.39 Å². The van der Waals surface area contributed by atoms with E-state index >= 15 is 0 Å². The Balaban J connectivity index is 1.57. The maximum atomic E-state index is 12.7. The lowest BCUT2D eigenvalue weighted by Gasteiger charge is -2.39. The van der Waals surface area contributed by atoms with Gasteiger partial charge in [0.2, 0.25) is 5.95 Å². The van der Waals surface area contributed by atoms with Gasteiger partial charge in [0.1, 0.15) is 5.82 Å². The van der Waals surface area contributed by atoms with E-state index in [0.29, 0.717) is 11.9 Å². The monoisotopic (exact) mass is 247 g/mol. The average molecular weight is 247 g/mol. The summed E-state index contributed by atoms with van der Waals surface area (Å²) in [5.74, 6) is 1.82. The van der Waals surface area contributed by atoms with E-state index in [0.717, 1.165) is 25.5 Å². The van der Waals surface area contributed by atoms with E-state index < -0.39 is 5.82 Å². The van der Waals surface area contributed by atoms with E-state index in [9.17, 15) is 4.39 Å². The first kappa shape index (κ1) is 11.1. The summed E-state index contributed by atoms with van der Waals surface area (Å²) in [6, 6.07) is 0. The SMILES string of the molecule is Cc1nccn1CC1CN(c2ncc(F)cn2)C1. The molecule has 18 heavy (non-hydrogen) atoms. The molecule has 0 saturated carbocycles. The van der Waals surface area contributed by atoms with Gasteiger partial charge < -0.3 is 9.47 Å². The number of nitrogens with zero attached hydrogens (tertiary/aromatic N) is 5. The van der Waals surface area contributed by atoms with Gasteiger partial charge in [0.25, 0.3) is 0 Å². The largest absolute Gasteiger partial charge is 0.340 e. The second-order valence-corrected chi connectivity index (χ2v) is 4.60. The van der Waals surface area contributed by atoms with Gasteiger partial charge in [0, 0.05) is 37.9 Å². The Morgan fingerprint density at radius 3 is 2.61 bits per heavy atom. The molecule has 0 radical (unpaired) electrons. The van der Waals surface area contributed by atoms with E-state index in [4.69, 9.17) is 0 Å². The van der Waals surface area contributed by atoms with Crippen LogP contribution in [0.2, 0.25) is 0 Å². The Bertz CT molecular complexity index is 530. The molecule has 1 saturated heterocycles. The Morgan fingerprint density at radius 1 is 1.28 bits per heavy atom. The summed E-state index contributed by atoms with van der Waals surface area (Å²) in [5.41, 5.74) is 0. The van der Waals surface area contributed by atoms with Gasteiger partial charge >= 0.3 is 0 Å². The molecule has 3 rings (SSSR count). The minimum Gasteiger partial charge on any atom is -0.340 e. The topological polar surface area (TPSA) is 46.8 Å². The Morgan fingerprint density at radius 2 is 2.00 bits per heavy atom. The molecule has 0 amide bonds. The van der Waals surface area contributed by atoms with Crippen molar-refractivity contribution in [2.75, 3.05) is 18.0 Å². The lowest BCUT2D eigenvalue weighted by atomic mass is 10.0. The highest BCUT2D eigenvalue weighted by atomic mass is 19.1. The number of rotatable bonds is 3. The number of imidazole rings is 1. The van der Waals surface area contributed by atoms with Crippen molar-refractivity contribution in [1.29, 1.82) is 0 Å². The molecule has 94 valence electrons. The molecule has 1 aliphatic rings. The summed E-state index contributed by atoms with van der Waals surface area (Å²) in [4.78, 5) is 14.2. The molecule has 0 spiro atoms. The van der Waals surface area contributed by atoms with E-state index in [1.807, 2.05) is 19.3 Å². The number of aryl methyl sites for hydroxylation is 1. The average Bonchev–Trinajstić information content (AvgIpc) is 2.71. The maximum absolute atomic E-state index is 12.7. The second-order valence-electron chi connectivity index (χ2n) is 4.60. The predicted molar refractivity (Wildman–Crippen MR) is 64.7 cm³/mol. The third-order valence-electron chi connectivity index (χ3n) is 3.23. The first-order valence-electron chi connectivity index (χ1n) is 5.92. The van der Waals surface area contributed by atoms with E-state index in [-0.39, 0.29) is 0 Å². The Kier molecular flexibility index (Phi) is 2.70. The number of hydrogen-bond acceptors (Lipinski definition) is 4. The van der Waals surface area contributed by atoms with Gasteiger partial charge in [0.05, 0.1) is 12.4 Å². The molecule has 2 aromatic heterocycles. The molecule has 0 atom stereocenters. The quantitative estimate of drug-likeness (QED) is 0.819. The van der Waals surface area contributed by atoms with Crippen LogP contribution in [0.4, 0.5) is 10.3 Å². The molecule has 0 aromatic carbocycles. The van der Waals surface area contributed by atoms with E-state index in [2.05, 4.69) is 24.4 Å². The Hall–Kier alpha value is -1.98. The summed E-state index contributed by atoms with van der Waals surface area (Å²) in [7, 11) is 0. The minimum atomic E-state index is -0.398. The summed E-state index contributed by atoms with van der Waals surface area (Å²) in [6.07, 6.45) is 6.21. The van der Waals surface area contributed by atoms with Crippen molar-refractivity contribution in [3.05, 3.63) is 36.4 Å². The van der Waals surface area contributed by atoms with Crippen molar-refractivity contribution in [1.82, 2.24) is 19.5 Å². The Labute approximate surface area is 104 Å². The summed E-state index contributed by atoms with van der Waals surface area (Å²) < 4.78 is 14.8. The van der Waals surface area contributed by atoms with Crippen LogP contribution in [0.5, 0.6) is 0 Å². The van der Waals surface area contributed by atoms with Crippen molar-refractivity contribution in [3.63, 3.8) is 0 Å². The molecule has 0 bridgehead atoms. The van der Waals surface area contributed by atoms with Gasteiger partial charge in [-0.25, -0.2) is 19.3 Å². The number of hydrogen-bond donors (Lipinski definition) is 0. The van der Waals surface area contributed by atoms with E-state index in [1.54, 1.807) is 0 Å². The predicted octanol–water partition coefficient (Wildman–Crippen LogP) is 1.26.